The van der Waals surface area contributed by atoms with Crippen molar-refractivity contribution in [2.45, 2.75) is 50.8 Å². The van der Waals surface area contributed by atoms with Crippen LogP contribution in [0.15, 0.2) is 46.9 Å². The zero-order valence-electron chi connectivity index (χ0n) is 20.0. The van der Waals surface area contributed by atoms with Crippen LogP contribution in [0.3, 0.4) is 0 Å². The van der Waals surface area contributed by atoms with Gasteiger partial charge in [0, 0.05) is 30.6 Å². The van der Waals surface area contributed by atoms with Crippen molar-refractivity contribution >= 4 is 5.91 Å². The van der Waals surface area contributed by atoms with Gasteiger partial charge < -0.3 is 18.8 Å². The number of amides is 1. The SMILES string of the molecule is CC1(C)Cc2cccc(OCC(=O)N3CCCC(c4nnc(-c5ccc(C(F)(F)F)cc5)o4)C3)c2O1. The zero-order chi connectivity index (χ0) is 25.5. The van der Waals surface area contributed by atoms with Crippen LogP contribution in [0.2, 0.25) is 0 Å². The largest absolute Gasteiger partial charge is 0.483 e. The van der Waals surface area contributed by atoms with Crippen molar-refractivity contribution in [2.75, 3.05) is 19.7 Å². The van der Waals surface area contributed by atoms with Gasteiger partial charge in [-0.2, -0.15) is 13.2 Å². The lowest BCUT2D eigenvalue weighted by Gasteiger charge is -2.31. The van der Waals surface area contributed by atoms with E-state index in [1.54, 1.807) is 11.0 Å². The average molecular weight is 502 g/mol. The monoisotopic (exact) mass is 501 g/mol. The maximum absolute atomic E-state index is 12.9. The highest BCUT2D eigenvalue weighted by Crippen LogP contribution is 2.41. The number of benzene rings is 2. The number of para-hydroxylation sites is 1. The smallest absolute Gasteiger partial charge is 0.416 e. The molecular weight excluding hydrogens is 475 g/mol. The number of hydrogen-bond acceptors (Lipinski definition) is 6. The predicted molar refractivity (Wildman–Crippen MR) is 124 cm³/mol. The van der Waals surface area contributed by atoms with E-state index < -0.39 is 11.7 Å². The summed E-state index contributed by atoms with van der Waals surface area (Å²) in [5.74, 6) is 1.43. The Balaban J connectivity index is 1.21. The minimum atomic E-state index is -4.41. The second kappa shape index (κ2) is 9.15. The Hall–Kier alpha value is -3.56. The summed E-state index contributed by atoms with van der Waals surface area (Å²) >= 11 is 0. The fourth-order valence-electron chi connectivity index (χ4n) is 4.66. The molecule has 2 aromatic carbocycles. The maximum atomic E-state index is 12.9. The number of fused-ring (bicyclic) bond motifs is 1. The van der Waals surface area contributed by atoms with Crippen LogP contribution in [0.5, 0.6) is 11.5 Å². The van der Waals surface area contributed by atoms with Gasteiger partial charge in [-0.05, 0) is 57.0 Å². The standard InChI is InChI=1S/C26H26F3N3O4/c1-25(2)13-17-5-3-7-20(22(17)36-25)34-15-21(33)32-12-4-6-18(14-32)24-31-30-23(35-24)16-8-10-19(11-9-16)26(27,28)29/h3,5,7-11,18H,4,6,12-15H2,1-2H3. The molecule has 36 heavy (non-hydrogen) atoms. The van der Waals surface area contributed by atoms with Crippen LogP contribution in [0.1, 0.15) is 49.6 Å². The van der Waals surface area contributed by atoms with E-state index in [-0.39, 0.29) is 29.9 Å². The molecule has 1 saturated heterocycles. The predicted octanol–water partition coefficient (Wildman–Crippen LogP) is 5.25. The van der Waals surface area contributed by atoms with Gasteiger partial charge in [-0.25, -0.2) is 0 Å². The maximum Gasteiger partial charge on any atom is 0.416 e. The molecule has 0 saturated carbocycles. The van der Waals surface area contributed by atoms with Crippen LogP contribution >= 0.6 is 0 Å². The Kier molecular flexibility index (Phi) is 6.13. The number of likely N-dealkylation sites (tertiary alicyclic amines) is 1. The third-order valence-electron chi connectivity index (χ3n) is 6.43. The first-order chi connectivity index (χ1) is 17.1. The normalized spacial score (nSPS) is 19.0. The number of rotatable bonds is 5. The van der Waals surface area contributed by atoms with Gasteiger partial charge in [-0.1, -0.05) is 12.1 Å². The Bertz CT molecular complexity index is 1250. The van der Waals surface area contributed by atoms with E-state index in [2.05, 4.69) is 10.2 Å². The Morgan fingerprint density at radius 1 is 1.17 bits per heavy atom. The van der Waals surface area contributed by atoms with E-state index in [1.165, 1.54) is 12.1 Å². The number of piperidine rings is 1. The van der Waals surface area contributed by atoms with E-state index in [4.69, 9.17) is 13.9 Å². The summed E-state index contributed by atoms with van der Waals surface area (Å²) in [5, 5.41) is 8.11. The second-order valence-electron chi connectivity index (χ2n) is 9.77. The number of hydrogen-bond donors (Lipinski definition) is 0. The van der Waals surface area contributed by atoms with Crippen LogP contribution < -0.4 is 9.47 Å². The molecule has 0 aliphatic carbocycles. The molecule has 1 amide bonds. The van der Waals surface area contributed by atoms with E-state index >= 15 is 0 Å². The van der Waals surface area contributed by atoms with E-state index in [1.807, 2.05) is 26.0 Å². The molecule has 1 atom stereocenters. The number of ether oxygens (including phenoxy) is 2. The van der Waals surface area contributed by atoms with Gasteiger partial charge in [0.05, 0.1) is 11.5 Å². The number of halogens is 3. The minimum absolute atomic E-state index is 0.117. The first-order valence-corrected chi connectivity index (χ1v) is 11.8. The number of nitrogens with zero attached hydrogens (tertiary/aromatic N) is 3. The molecule has 3 heterocycles. The number of alkyl halides is 3. The van der Waals surface area contributed by atoms with Crippen molar-refractivity contribution in [1.82, 2.24) is 15.1 Å². The highest BCUT2D eigenvalue weighted by molar-refractivity contribution is 5.78. The minimum Gasteiger partial charge on any atom is -0.483 e. The summed E-state index contributed by atoms with van der Waals surface area (Å²) in [6, 6.07) is 10.3. The first kappa shape index (κ1) is 24.1. The van der Waals surface area contributed by atoms with Crippen LogP contribution in [0, 0.1) is 0 Å². The van der Waals surface area contributed by atoms with Gasteiger partial charge in [0.15, 0.2) is 18.1 Å². The third kappa shape index (κ3) is 5.03. The van der Waals surface area contributed by atoms with Crippen LogP contribution in [0.4, 0.5) is 13.2 Å². The molecule has 1 aromatic heterocycles. The number of carbonyl (C=O) groups is 1. The summed E-state index contributed by atoms with van der Waals surface area (Å²) in [5.41, 5.74) is 0.406. The third-order valence-corrected chi connectivity index (χ3v) is 6.43. The lowest BCUT2D eigenvalue weighted by atomic mass is 9.98. The quantitative estimate of drug-likeness (QED) is 0.475. The fraction of sp³-hybridized carbons (Fsp3) is 0.423. The summed E-state index contributed by atoms with van der Waals surface area (Å²) in [6.45, 7) is 4.89. The molecule has 3 aromatic rings. The number of carbonyl (C=O) groups excluding carboxylic acids is 1. The topological polar surface area (TPSA) is 77.7 Å². The fourth-order valence-corrected chi connectivity index (χ4v) is 4.66. The number of aromatic nitrogens is 2. The van der Waals surface area contributed by atoms with E-state index in [0.717, 1.165) is 37.0 Å². The lowest BCUT2D eigenvalue weighted by molar-refractivity contribution is -0.137. The summed E-state index contributed by atoms with van der Waals surface area (Å²) in [7, 11) is 0. The summed E-state index contributed by atoms with van der Waals surface area (Å²) < 4.78 is 56.1. The van der Waals surface area contributed by atoms with Gasteiger partial charge in [-0.3, -0.25) is 4.79 Å². The van der Waals surface area contributed by atoms with Crippen LogP contribution in [-0.2, 0) is 17.4 Å². The molecule has 0 N–H and O–H groups in total. The van der Waals surface area contributed by atoms with E-state index in [0.29, 0.717) is 36.0 Å². The van der Waals surface area contributed by atoms with Crippen molar-refractivity contribution in [2.24, 2.45) is 0 Å². The highest BCUT2D eigenvalue weighted by atomic mass is 19.4. The molecule has 5 rings (SSSR count). The molecule has 7 nitrogen and oxygen atoms in total. The van der Waals surface area contributed by atoms with Crippen LogP contribution in [-0.4, -0.2) is 46.3 Å². The van der Waals surface area contributed by atoms with Crippen molar-refractivity contribution in [3.8, 4) is 23.0 Å². The molecule has 0 radical (unpaired) electrons. The summed E-state index contributed by atoms with van der Waals surface area (Å²) in [4.78, 5) is 14.6. The molecule has 2 aliphatic heterocycles. The van der Waals surface area contributed by atoms with Gasteiger partial charge in [0.25, 0.3) is 5.91 Å². The van der Waals surface area contributed by atoms with Gasteiger partial charge in [0.2, 0.25) is 11.8 Å². The molecule has 1 fully saturated rings. The van der Waals surface area contributed by atoms with Gasteiger partial charge in [-0.15, -0.1) is 10.2 Å². The van der Waals surface area contributed by atoms with Crippen molar-refractivity contribution in [1.29, 1.82) is 0 Å². The second-order valence-corrected chi connectivity index (χ2v) is 9.77. The van der Waals surface area contributed by atoms with Gasteiger partial charge >= 0.3 is 6.18 Å². The zero-order valence-corrected chi connectivity index (χ0v) is 20.0. The lowest BCUT2D eigenvalue weighted by Crippen LogP contribution is -2.41. The highest BCUT2D eigenvalue weighted by Gasteiger charge is 2.33. The first-order valence-electron chi connectivity index (χ1n) is 11.8. The molecule has 0 bridgehead atoms. The molecule has 190 valence electrons. The molecule has 2 aliphatic rings. The van der Waals surface area contributed by atoms with Crippen molar-refractivity contribution < 1.29 is 31.9 Å². The Morgan fingerprint density at radius 3 is 2.69 bits per heavy atom. The Labute approximate surface area is 206 Å². The van der Waals surface area contributed by atoms with Gasteiger partial charge in [0.1, 0.15) is 5.60 Å². The van der Waals surface area contributed by atoms with Crippen molar-refractivity contribution in [3.05, 3.63) is 59.5 Å². The molecular formula is C26H26F3N3O4. The molecule has 1 unspecified atom stereocenters. The molecule has 0 spiro atoms. The van der Waals surface area contributed by atoms with Crippen LogP contribution in [0.25, 0.3) is 11.5 Å². The molecule has 10 heteroatoms. The Morgan fingerprint density at radius 2 is 1.94 bits per heavy atom. The summed E-state index contributed by atoms with van der Waals surface area (Å²) in [6.07, 6.45) is -2.12. The van der Waals surface area contributed by atoms with E-state index in [9.17, 15) is 18.0 Å². The van der Waals surface area contributed by atoms with Crippen molar-refractivity contribution in [3.63, 3.8) is 0 Å². The average Bonchev–Trinajstić information content (AvgIpc) is 3.46.